The van der Waals surface area contributed by atoms with E-state index < -0.39 is 5.41 Å². The zero-order valence-corrected chi connectivity index (χ0v) is 29.5. The number of aryl methyl sites for hydroxylation is 1. The Morgan fingerprint density at radius 1 is 0.415 bits per heavy atom. The maximum atomic E-state index is 2.48. The molecule has 2 aliphatic carbocycles. The Hall–Kier alpha value is -6.64. The predicted molar refractivity (Wildman–Crippen MR) is 221 cm³/mol. The van der Waals surface area contributed by atoms with Crippen LogP contribution in [0.25, 0.3) is 49.7 Å². The summed E-state index contributed by atoms with van der Waals surface area (Å²) in [4.78, 5) is 2.44. The summed E-state index contributed by atoms with van der Waals surface area (Å²) < 4.78 is 2.41. The van der Waals surface area contributed by atoms with Crippen LogP contribution in [0.5, 0.6) is 0 Å². The van der Waals surface area contributed by atoms with Gasteiger partial charge in [-0.15, -0.1) is 0 Å². The van der Waals surface area contributed by atoms with Crippen LogP contribution in [0, 0.1) is 0 Å². The first kappa shape index (κ1) is 30.0. The Morgan fingerprint density at radius 2 is 0.906 bits per heavy atom. The van der Waals surface area contributed by atoms with Crippen molar-refractivity contribution >= 4 is 38.9 Å². The molecule has 0 fully saturated rings. The second kappa shape index (κ2) is 11.4. The van der Waals surface area contributed by atoms with Gasteiger partial charge in [0.05, 0.1) is 16.4 Å². The van der Waals surface area contributed by atoms with E-state index in [1.807, 2.05) is 0 Å². The molecular weight excluding hydrogens is 641 g/mol. The van der Waals surface area contributed by atoms with Gasteiger partial charge in [0, 0.05) is 33.5 Å². The predicted octanol–water partition coefficient (Wildman–Crippen LogP) is 13.2. The molecule has 1 heterocycles. The third kappa shape index (κ3) is 4.15. The van der Waals surface area contributed by atoms with E-state index in [1.165, 1.54) is 77.6 Å². The number of aromatic nitrogens is 1. The molecule has 8 aromatic carbocycles. The van der Waals surface area contributed by atoms with Crippen molar-refractivity contribution in [1.82, 2.24) is 4.57 Å². The van der Waals surface area contributed by atoms with E-state index in [1.54, 1.807) is 0 Å². The van der Waals surface area contributed by atoms with Gasteiger partial charge in [-0.1, -0.05) is 128 Å². The maximum absolute atomic E-state index is 2.48. The fourth-order valence-electron chi connectivity index (χ4n) is 9.52. The molecule has 2 aliphatic rings. The molecule has 53 heavy (non-hydrogen) atoms. The first-order chi connectivity index (χ1) is 26.3. The SMILES string of the molecule is CCc1ccc2c(c1)c1cc(N(c3ccccc3)c3ccc4c(c3)C3(c5ccccc5-c5ccccc53)c3ccccc3-4)ccc1n2-c1ccccc1. The summed E-state index contributed by atoms with van der Waals surface area (Å²) in [6, 6.07) is 69.8. The van der Waals surface area contributed by atoms with Crippen LogP contribution >= 0.6 is 0 Å². The number of nitrogens with zero attached hydrogens (tertiary/aromatic N) is 2. The maximum Gasteiger partial charge on any atom is 0.0726 e. The Labute approximate surface area is 309 Å². The van der Waals surface area contributed by atoms with Gasteiger partial charge in [0.25, 0.3) is 0 Å². The second-order valence-corrected chi connectivity index (χ2v) is 14.4. The minimum Gasteiger partial charge on any atom is -0.310 e. The first-order valence-electron chi connectivity index (χ1n) is 18.7. The lowest BCUT2D eigenvalue weighted by molar-refractivity contribution is 0.793. The minimum absolute atomic E-state index is 0.402. The number of rotatable bonds is 5. The molecule has 250 valence electrons. The second-order valence-electron chi connectivity index (χ2n) is 14.4. The van der Waals surface area contributed by atoms with Gasteiger partial charge in [0.1, 0.15) is 0 Å². The monoisotopic (exact) mass is 676 g/mol. The standard InChI is InChI=1S/C51H36N2/c1-2-34-25-29-49-43(31-34)44-32-37(27-30-50(44)53(49)36-17-7-4-8-18-36)52(35-15-5-3-6-16-35)38-26-28-42-41-21-11-14-24-47(41)51(48(42)33-38)45-22-12-9-19-39(45)40-20-10-13-23-46(40)51/h3-33H,2H2,1H3. The van der Waals surface area contributed by atoms with Crippen LogP contribution in [0.1, 0.15) is 34.7 Å². The topological polar surface area (TPSA) is 8.17 Å². The van der Waals surface area contributed by atoms with Gasteiger partial charge < -0.3 is 9.47 Å². The average Bonchev–Trinajstić information content (AvgIpc) is 3.83. The number of para-hydroxylation sites is 2. The van der Waals surface area contributed by atoms with E-state index >= 15 is 0 Å². The van der Waals surface area contributed by atoms with Gasteiger partial charge in [0.15, 0.2) is 0 Å². The van der Waals surface area contributed by atoms with Gasteiger partial charge in [-0.05, 0) is 123 Å². The molecule has 11 rings (SSSR count). The van der Waals surface area contributed by atoms with E-state index in [4.69, 9.17) is 0 Å². The molecule has 0 atom stereocenters. The fraction of sp³-hybridized carbons (Fsp3) is 0.0588. The van der Waals surface area contributed by atoms with Crippen LogP contribution in [0.2, 0.25) is 0 Å². The highest BCUT2D eigenvalue weighted by Crippen LogP contribution is 2.63. The van der Waals surface area contributed by atoms with Crippen LogP contribution in [0.4, 0.5) is 17.1 Å². The Kier molecular flexibility index (Phi) is 6.48. The van der Waals surface area contributed by atoms with E-state index in [9.17, 15) is 0 Å². The zero-order chi connectivity index (χ0) is 35.1. The molecule has 0 aliphatic heterocycles. The lowest BCUT2D eigenvalue weighted by Crippen LogP contribution is -2.26. The minimum atomic E-state index is -0.402. The van der Waals surface area contributed by atoms with Crippen LogP contribution in [0.3, 0.4) is 0 Å². The molecule has 0 amide bonds. The van der Waals surface area contributed by atoms with E-state index in [-0.39, 0.29) is 0 Å². The fourth-order valence-corrected chi connectivity index (χ4v) is 9.52. The van der Waals surface area contributed by atoms with Crippen molar-refractivity contribution in [3.63, 3.8) is 0 Å². The normalized spacial score (nSPS) is 13.2. The van der Waals surface area contributed by atoms with Gasteiger partial charge in [-0.2, -0.15) is 0 Å². The van der Waals surface area contributed by atoms with Crippen molar-refractivity contribution < 1.29 is 0 Å². The van der Waals surface area contributed by atoms with Crippen LogP contribution < -0.4 is 4.90 Å². The highest BCUT2D eigenvalue weighted by atomic mass is 15.1. The molecule has 2 heteroatoms. The van der Waals surface area contributed by atoms with Crippen molar-refractivity contribution in [3.05, 3.63) is 216 Å². The lowest BCUT2D eigenvalue weighted by atomic mass is 9.70. The molecule has 2 nitrogen and oxygen atoms in total. The number of hydrogen-bond acceptors (Lipinski definition) is 1. The van der Waals surface area contributed by atoms with E-state index in [0.29, 0.717) is 0 Å². The lowest BCUT2D eigenvalue weighted by Gasteiger charge is -2.32. The molecular formula is C51H36N2. The Morgan fingerprint density at radius 3 is 1.53 bits per heavy atom. The zero-order valence-electron chi connectivity index (χ0n) is 29.5. The number of hydrogen-bond donors (Lipinski definition) is 0. The van der Waals surface area contributed by atoms with Crippen molar-refractivity contribution in [3.8, 4) is 27.9 Å². The number of benzene rings is 8. The Bertz CT molecular complexity index is 2820. The van der Waals surface area contributed by atoms with Crippen LogP contribution in [0.15, 0.2) is 188 Å². The van der Waals surface area contributed by atoms with Crippen molar-refractivity contribution in [2.45, 2.75) is 18.8 Å². The van der Waals surface area contributed by atoms with Crippen LogP contribution in [-0.2, 0) is 11.8 Å². The molecule has 1 aromatic heterocycles. The summed E-state index contributed by atoms with van der Waals surface area (Å²) in [7, 11) is 0. The summed E-state index contributed by atoms with van der Waals surface area (Å²) >= 11 is 0. The van der Waals surface area contributed by atoms with Gasteiger partial charge in [0.2, 0.25) is 0 Å². The van der Waals surface area contributed by atoms with E-state index in [0.717, 1.165) is 23.5 Å². The molecule has 0 unspecified atom stereocenters. The number of fused-ring (bicyclic) bond motifs is 13. The molecule has 0 N–H and O–H groups in total. The van der Waals surface area contributed by atoms with Gasteiger partial charge in [-0.3, -0.25) is 0 Å². The van der Waals surface area contributed by atoms with Crippen molar-refractivity contribution in [2.75, 3.05) is 4.90 Å². The third-order valence-electron chi connectivity index (χ3n) is 11.7. The van der Waals surface area contributed by atoms with Crippen LogP contribution in [-0.4, -0.2) is 4.57 Å². The summed E-state index contributed by atoms with van der Waals surface area (Å²) in [5, 5.41) is 2.53. The first-order valence-corrected chi connectivity index (χ1v) is 18.7. The van der Waals surface area contributed by atoms with Gasteiger partial charge in [-0.25, -0.2) is 0 Å². The Balaban J connectivity index is 1.18. The van der Waals surface area contributed by atoms with Gasteiger partial charge >= 0.3 is 0 Å². The highest BCUT2D eigenvalue weighted by molar-refractivity contribution is 6.11. The molecule has 0 saturated carbocycles. The largest absolute Gasteiger partial charge is 0.310 e. The summed E-state index contributed by atoms with van der Waals surface area (Å²) in [6.07, 6.45) is 0.995. The molecule has 0 radical (unpaired) electrons. The quantitative estimate of drug-likeness (QED) is 0.176. The smallest absolute Gasteiger partial charge is 0.0726 e. The van der Waals surface area contributed by atoms with Crippen molar-refractivity contribution in [1.29, 1.82) is 0 Å². The van der Waals surface area contributed by atoms with E-state index in [2.05, 4.69) is 204 Å². The average molecular weight is 677 g/mol. The summed E-state index contributed by atoms with van der Waals surface area (Å²) in [6.45, 7) is 2.24. The molecule has 9 aromatic rings. The van der Waals surface area contributed by atoms with Crippen molar-refractivity contribution in [2.24, 2.45) is 0 Å². The third-order valence-corrected chi connectivity index (χ3v) is 11.7. The molecule has 0 saturated heterocycles. The molecule has 0 bridgehead atoms. The highest BCUT2D eigenvalue weighted by Gasteiger charge is 2.51. The summed E-state index contributed by atoms with van der Waals surface area (Å²) in [5.41, 5.74) is 18.6. The molecule has 1 spiro atoms. The summed E-state index contributed by atoms with van der Waals surface area (Å²) in [5.74, 6) is 0. The number of anilines is 3.